The topological polar surface area (TPSA) is 21.1 Å². The van der Waals surface area contributed by atoms with Gasteiger partial charge in [0.2, 0.25) is 0 Å². The van der Waals surface area contributed by atoms with E-state index in [1.165, 1.54) is 0 Å². The Morgan fingerprint density at radius 3 is 2.90 bits per heavy atom. The van der Waals surface area contributed by atoms with Crippen molar-refractivity contribution >= 4 is 45.2 Å². The van der Waals surface area contributed by atoms with Crippen molar-refractivity contribution in [3.05, 3.63) is 27.3 Å². The highest BCUT2D eigenvalue weighted by Gasteiger charge is 2.25. The van der Waals surface area contributed by atoms with Gasteiger partial charge >= 0.3 is 0 Å². The molecule has 3 nitrogen and oxygen atoms in total. The number of aromatic nitrogens is 2. The number of imidazole rings is 1. The minimum absolute atomic E-state index is 0.189. The predicted molar refractivity (Wildman–Crippen MR) is 92.4 cm³/mol. The van der Waals surface area contributed by atoms with E-state index in [-0.39, 0.29) is 11.2 Å². The number of alkyl halides is 1. The van der Waals surface area contributed by atoms with Crippen LogP contribution in [0.15, 0.2) is 12.1 Å². The van der Waals surface area contributed by atoms with Crippen LogP contribution < -0.4 is 0 Å². The Morgan fingerprint density at radius 2 is 2.24 bits per heavy atom. The maximum absolute atomic E-state index is 14.0. The summed E-state index contributed by atoms with van der Waals surface area (Å²) in [5.41, 5.74) is 1.69. The van der Waals surface area contributed by atoms with Crippen molar-refractivity contribution < 1.29 is 4.39 Å². The number of benzene rings is 1. The highest BCUT2D eigenvalue weighted by molar-refractivity contribution is 14.1. The molecule has 21 heavy (non-hydrogen) atoms. The Balaban J connectivity index is 2.17. The van der Waals surface area contributed by atoms with Gasteiger partial charge in [0.15, 0.2) is 0 Å². The van der Waals surface area contributed by atoms with Gasteiger partial charge in [-0.15, -0.1) is 11.6 Å². The second kappa shape index (κ2) is 6.01. The lowest BCUT2D eigenvalue weighted by Crippen LogP contribution is -2.34. The van der Waals surface area contributed by atoms with Crippen LogP contribution in [0.2, 0.25) is 0 Å². The van der Waals surface area contributed by atoms with Gasteiger partial charge in [0.1, 0.15) is 11.6 Å². The molecule has 2 atom stereocenters. The second-order valence-corrected chi connectivity index (χ2v) is 7.59. The van der Waals surface area contributed by atoms with E-state index in [1.54, 1.807) is 12.1 Å². The van der Waals surface area contributed by atoms with Crippen molar-refractivity contribution in [2.75, 3.05) is 20.1 Å². The van der Waals surface area contributed by atoms with Gasteiger partial charge in [0.05, 0.1) is 20.0 Å². The predicted octanol–water partition coefficient (Wildman–Crippen LogP) is 4.35. The van der Waals surface area contributed by atoms with Crippen LogP contribution in [0.4, 0.5) is 4.39 Å². The average Bonchev–Trinajstić information content (AvgIpc) is 2.78. The zero-order valence-electron chi connectivity index (χ0n) is 12.1. The van der Waals surface area contributed by atoms with E-state index >= 15 is 0 Å². The van der Waals surface area contributed by atoms with Crippen molar-refractivity contribution in [3.63, 3.8) is 0 Å². The third-order valence-corrected chi connectivity index (χ3v) is 5.10. The number of hydrogen-bond donors (Lipinski definition) is 0. The lowest BCUT2D eigenvalue weighted by Gasteiger charge is -2.32. The summed E-state index contributed by atoms with van der Waals surface area (Å²) in [6.45, 7) is 3.99. The van der Waals surface area contributed by atoms with E-state index < -0.39 is 0 Å². The zero-order valence-corrected chi connectivity index (χ0v) is 15.0. The molecule has 0 N–H and O–H groups in total. The molecule has 2 aromatic rings. The van der Waals surface area contributed by atoms with Crippen molar-refractivity contribution in [2.45, 2.75) is 31.2 Å². The van der Waals surface area contributed by atoms with E-state index in [0.29, 0.717) is 9.61 Å². The van der Waals surface area contributed by atoms with Crippen LogP contribution in [0.5, 0.6) is 0 Å². The number of piperidine rings is 1. The van der Waals surface area contributed by atoms with Gasteiger partial charge in [-0.3, -0.25) is 0 Å². The Kier molecular flexibility index (Phi) is 4.43. The summed E-state index contributed by atoms with van der Waals surface area (Å²) in [6.07, 6.45) is 2.23. The van der Waals surface area contributed by atoms with Crippen molar-refractivity contribution in [2.24, 2.45) is 0 Å². The van der Waals surface area contributed by atoms with E-state index in [0.717, 1.165) is 42.8 Å². The standard InChI is InChI=1S/C15H18ClFIN3/c1-9(16)15-19-13-7-12(18)11(17)6-14(13)21(15)10-4-3-5-20(2)8-10/h6-7,9-10H,3-5,8H2,1-2H3. The third-order valence-electron chi connectivity index (χ3n) is 4.08. The van der Waals surface area contributed by atoms with Crippen LogP contribution in [-0.4, -0.2) is 34.6 Å². The quantitative estimate of drug-likeness (QED) is 0.531. The molecule has 6 heteroatoms. The fourth-order valence-electron chi connectivity index (χ4n) is 3.12. The SMILES string of the molecule is CC(Cl)c1nc2cc(I)c(F)cc2n1C1CCCN(C)C1. The summed E-state index contributed by atoms with van der Waals surface area (Å²) in [5.74, 6) is 0.649. The van der Waals surface area contributed by atoms with Crippen LogP contribution in [-0.2, 0) is 0 Å². The molecule has 114 valence electrons. The molecule has 3 rings (SSSR count). The fourth-order valence-corrected chi connectivity index (χ4v) is 3.73. The first kappa shape index (κ1) is 15.5. The van der Waals surface area contributed by atoms with Crippen LogP contribution in [0.25, 0.3) is 11.0 Å². The maximum Gasteiger partial charge on any atom is 0.138 e. The van der Waals surface area contributed by atoms with E-state index in [2.05, 4.69) is 21.5 Å². The molecule has 0 saturated carbocycles. The Bertz CT molecular complexity index is 670. The number of fused-ring (bicyclic) bond motifs is 1. The van der Waals surface area contributed by atoms with Gasteiger partial charge in [0.25, 0.3) is 0 Å². The van der Waals surface area contributed by atoms with Crippen LogP contribution >= 0.6 is 34.2 Å². The molecule has 0 radical (unpaired) electrons. The summed E-state index contributed by atoms with van der Waals surface area (Å²) in [4.78, 5) is 6.97. The third kappa shape index (κ3) is 2.92. The number of likely N-dealkylation sites (N-methyl/N-ethyl adjacent to an activating group) is 1. The summed E-state index contributed by atoms with van der Waals surface area (Å²) in [6, 6.07) is 3.71. The van der Waals surface area contributed by atoms with Crippen LogP contribution in [0, 0.1) is 9.39 Å². The molecular formula is C15H18ClFIN3. The molecule has 1 aliphatic heterocycles. The normalized spacial score (nSPS) is 21.9. The molecule has 1 aromatic carbocycles. The van der Waals surface area contributed by atoms with Gasteiger partial charge in [-0.05, 0) is 62.0 Å². The van der Waals surface area contributed by atoms with E-state index in [9.17, 15) is 4.39 Å². The lowest BCUT2D eigenvalue weighted by atomic mass is 10.1. The van der Waals surface area contributed by atoms with Crippen molar-refractivity contribution in [1.29, 1.82) is 0 Å². The second-order valence-electron chi connectivity index (χ2n) is 5.77. The molecule has 0 bridgehead atoms. The number of halogens is 3. The van der Waals surface area contributed by atoms with E-state index in [1.807, 2.05) is 29.5 Å². The monoisotopic (exact) mass is 421 g/mol. The smallest absolute Gasteiger partial charge is 0.138 e. The number of hydrogen-bond acceptors (Lipinski definition) is 2. The zero-order chi connectivity index (χ0) is 15.1. The van der Waals surface area contributed by atoms with Crippen LogP contribution in [0.1, 0.15) is 37.0 Å². The molecule has 0 spiro atoms. The van der Waals surface area contributed by atoms with Gasteiger partial charge in [-0.1, -0.05) is 0 Å². The van der Waals surface area contributed by atoms with Gasteiger partial charge in [0, 0.05) is 18.7 Å². The molecule has 1 aliphatic rings. The van der Waals surface area contributed by atoms with Gasteiger partial charge in [-0.25, -0.2) is 9.37 Å². The Morgan fingerprint density at radius 1 is 1.48 bits per heavy atom. The van der Waals surface area contributed by atoms with Gasteiger partial charge < -0.3 is 9.47 Å². The lowest BCUT2D eigenvalue weighted by molar-refractivity contribution is 0.212. The number of rotatable bonds is 2. The molecule has 0 amide bonds. The summed E-state index contributed by atoms with van der Waals surface area (Å²) in [5, 5.41) is -0.189. The molecular weight excluding hydrogens is 404 g/mol. The van der Waals surface area contributed by atoms with Gasteiger partial charge in [-0.2, -0.15) is 0 Å². The molecule has 0 aliphatic carbocycles. The fraction of sp³-hybridized carbons (Fsp3) is 0.533. The Labute approximate surface area is 142 Å². The molecule has 1 aromatic heterocycles. The summed E-state index contributed by atoms with van der Waals surface area (Å²) < 4.78 is 16.7. The molecule has 2 heterocycles. The number of likely N-dealkylation sites (tertiary alicyclic amines) is 1. The molecule has 1 fully saturated rings. The first-order chi connectivity index (χ1) is 9.97. The highest BCUT2D eigenvalue weighted by Crippen LogP contribution is 2.33. The van der Waals surface area contributed by atoms with Crippen LogP contribution in [0.3, 0.4) is 0 Å². The highest BCUT2D eigenvalue weighted by atomic mass is 127. The first-order valence-electron chi connectivity index (χ1n) is 7.17. The minimum Gasteiger partial charge on any atom is -0.322 e. The average molecular weight is 422 g/mol. The maximum atomic E-state index is 14.0. The number of nitrogens with zero attached hydrogens (tertiary/aromatic N) is 3. The molecule has 2 unspecified atom stereocenters. The largest absolute Gasteiger partial charge is 0.322 e. The molecule has 1 saturated heterocycles. The van der Waals surface area contributed by atoms with E-state index in [4.69, 9.17) is 11.6 Å². The van der Waals surface area contributed by atoms with Crippen molar-refractivity contribution in [1.82, 2.24) is 14.5 Å². The van der Waals surface area contributed by atoms with Crippen molar-refractivity contribution in [3.8, 4) is 0 Å². The first-order valence-corrected chi connectivity index (χ1v) is 8.68. The summed E-state index contributed by atoms with van der Waals surface area (Å²) >= 11 is 8.33. The minimum atomic E-state index is -0.192. The summed E-state index contributed by atoms with van der Waals surface area (Å²) in [7, 11) is 2.12. The Hall–Kier alpha value is -0.400.